The average molecular weight is 491 g/mol. The van der Waals surface area contributed by atoms with Gasteiger partial charge in [0, 0.05) is 12.4 Å². The predicted molar refractivity (Wildman–Crippen MR) is 117 cm³/mol. The highest BCUT2D eigenvalue weighted by molar-refractivity contribution is 7.92. The number of anilines is 2. The quantitative estimate of drug-likeness (QED) is 0.374. The number of hydrogen-bond donors (Lipinski definition) is 3. The molecule has 9 nitrogen and oxygen atoms in total. The van der Waals surface area contributed by atoms with Crippen LogP contribution in [0.1, 0.15) is 11.1 Å². The van der Waals surface area contributed by atoms with Gasteiger partial charge < -0.3 is 10.5 Å². The second-order valence-electron chi connectivity index (χ2n) is 6.52. The van der Waals surface area contributed by atoms with Crippen LogP contribution in [0.5, 0.6) is 5.88 Å². The van der Waals surface area contributed by atoms with Crippen LogP contribution in [0.25, 0.3) is 10.9 Å². The molecule has 0 saturated carbocycles. The number of pyridine rings is 2. The number of methoxy groups -OCH3 is 1. The zero-order valence-electron chi connectivity index (χ0n) is 16.6. The number of rotatable bonds is 4. The van der Waals surface area contributed by atoms with Gasteiger partial charge in [-0.25, -0.2) is 27.2 Å². The van der Waals surface area contributed by atoms with E-state index in [1.807, 2.05) is 4.72 Å². The molecule has 0 aliphatic rings. The maximum Gasteiger partial charge on any atom is 0.267 e. The average Bonchev–Trinajstić information content (AvgIpc) is 3.28. The molecule has 0 aliphatic carbocycles. The van der Waals surface area contributed by atoms with Crippen LogP contribution in [0.3, 0.4) is 0 Å². The van der Waals surface area contributed by atoms with Crippen LogP contribution in [-0.2, 0) is 10.0 Å². The van der Waals surface area contributed by atoms with Gasteiger partial charge in [-0.3, -0.25) is 9.82 Å². The van der Waals surface area contributed by atoms with E-state index in [0.717, 1.165) is 18.2 Å². The maximum atomic E-state index is 15.1. The molecule has 0 aliphatic heterocycles. The number of nitrogens with two attached hydrogens (primary N) is 1. The first-order valence-corrected chi connectivity index (χ1v) is 10.9. The fraction of sp³-hybridized carbons (Fsp3) is 0.0500. The van der Waals surface area contributed by atoms with Crippen molar-refractivity contribution in [2.75, 3.05) is 17.6 Å². The first-order valence-electron chi connectivity index (χ1n) is 9.01. The Balaban J connectivity index is 1.75. The summed E-state index contributed by atoms with van der Waals surface area (Å²) in [7, 11) is -3.18. The van der Waals surface area contributed by atoms with Gasteiger partial charge in [-0.2, -0.15) is 5.10 Å². The summed E-state index contributed by atoms with van der Waals surface area (Å²) in [4.78, 5) is 7.32. The van der Waals surface area contributed by atoms with E-state index in [0.29, 0.717) is 10.9 Å². The van der Waals surface area contributed by atoms with Gasteiger partial charge in [-0.15, -0.1) is 0 Å². The van der Waals surface area contributed by atoms with Crippen molar-refractivity contribution in [3.8, 4) is 17.7 Å². The van der Waals surface area contributed by atoms with Gasteiger partial charge in [-0.05, 0) is 18.2 Å². The van der Waals surface area contributed by atoms with E-state index < -0.39 is 37.8 Å². The van der Waals surface area contributed by atoms with Gasteiger partial charge in [-0.1, -0.05) is 23.4 Å². The van der Waals surface area contributed by atoms with Gasteiger partial charge in [0.25, 0.3) is 10.0 Å². The molecule has 3 heterocycles. The zero-order valence-corrected chi connectivity index (χ0v) is 18.2. The fourth-order valence-electron chi connectivity index (χ4n) is 2.88. The predicted octanol–water partition coefficient (Wildman–Crippen LogP) is 3.08. The summed E-state index contributed by atoms with van der Waals surface area (Å²) in [6.45, 7) is 0. The molecule has 0 spiro atoms. The lowest BCUT2D eigenvalue weighted by Crippen LogP contribution is -2.16. The zero-order chi connectivity index (χ0) is 23.8. The molecule has 33 heavy (non-hydrogen) atoms. The maximum absolute atomic E-state index is 15.1. The van der Waals surface area contributed by atoms with Crippen molar-refractivity contribution in [1.29, 1.82) is 0 Å². The van der Waals surface area contributed by atoms with Gasteiger partial charge in [0.1, 0.15) is 11.6 Å². The van der Waals surface area contributed by atoms with Crippen LogP contribution in [0.15, 0.2) is 41.7 Å². The standard InChI is InChI=1S/C20H13ClF2N6O3S/c1-32-20-16(6-11(21)8-26-20)33(30,31)29-15-5-4-14(22)12(17(15)23)3-2-10-7-25-19(24)13-9-27-28-18(10)13/h4-9,29H,1H3,(H2,24,25)(H,27,28). The van der Waals surface area contributed by atoms with E-state index in [2.05, 4.69) is 32.0 Å². The lowest BCUT2D eigenvalue weighted by atomic mass is 10.1. The fourth-order valence-corrected chi connectivity index (χ4v) is 4.31. The third-order valence-corrected chi connectivity index (χ3v) is 6.01. The SMILES string of the molecule is COc1ncc(Cl)cc1S(=O)(=O)Nc1ccc(F)c(C#Cc2cnc(N)c3cn[nH]c23)c1F. The largest absolute Gasteiger partial charge is 0.480 e. The number of fused-ring (bicyclic) bond motifs is 1. The second-order valence-corrected chi connectivity index (χ2v) is 8.60. The summed E-state index contributed by atoms with van der Waals surface area (Å²) in [6, 6.07) is 2.89. The van der Waals surface area contributed by atoms with Gasteiger partial charge in [0.2, 0.25) is 5.88 Å². The monoisotopic (exact) mass is 490 g/mol. The van der Waals surface area contributed by atoms with E-state index in [9.17, 15) is 12.8 Å². The Bertz CT molecular complexity index is 1560. The Hall–Kier alpha value is -3.95. The highest BCUT2D eigenvalue weighted by atomic mass is 35.5. The summed E-state index contributed by atoms with van der Waals surface area (Å²) in [5.41, 5.74) is 5.29. The van der Waals surface area contributed by atoms with Crippen molar-refractivity contribution < 1.29 is 21.9 Å². The number of aromatic nitrogens is 4. The van der Waals surface area contributed by atoms with Crippen LogP contribution in [0.4, 0.5) is 20.3 Å². The van der Waals surface area contributed by atoms with Gasteiger partial charge in [0.05, 0.1) is 46.0 Å². The Labute approximate surface area is 191 Å². The van der Waals surface area contributed by atoms with Crippen molar-refractivity contribution in [2.45, 2.75) is 4.90 Å². The molecule has 4 aromatic rings. The number of ether oxygens (including phenoxy) is 1. The van der Waals surface area contributed by atoms with Crippen LogP contribution >= 0.6 is 11.6 Å². The molecule has 1 aromatic carbocycles. The third kappa shape index (κ3) is 4.23. The summed E-state index contributed by atoms with van der Waals surface area (Å²) < 4.78 is 62.0. The van der Waals surface area contributed by atoms with E-state index >= 15 is 4.39 Å². The van der Waals surface area contributed by atoms with Gasteiger partial charge in [0.15, 0.2) is 10.7 Å². The van der Waals surface area contributed by atoms with Crippen LogP contribution in [0.2, 0.25) is 5.02 Å². The molecule has 4 rings (SSSR count). The summed E-state index contributed by atoms with van der Waals surface area (Å²) >= 11 is 5.83. The van der Waals surface area contributed by atoms with Crippen molar-refractivity contribution in [3.63, 3.8) is 0 Å². The highest BCUT2D eigenvalue weighted by Crippen LogP contribution is 2.29. The van der Waals surface area contributed by atoms with E-state index in [1.165, 1.54) is 25.7 Å². The Morgan fingerprint density at radius 2 is 1.97 bits per heavy atom. The molecule has 3 aromatic heterocycles. The number of hydrogen-bond acceptors (Lipinski definition) is 7. The number of halogens is 3. The summed E-state index contributed by atoms with van der Waals surface area (Å²) in [6.07, 6.45) is 3.95. The lowest BCUT2D eigenvalue weighted by molar-refractivity contribution is 0.385. The molecule has 0 radical (unpaired) electrons. The smallest absolute Gasteiger partial charge is 0.267 e. The first-order chi connectivity index (χ1) is 15.7. The molecule has 13 heteroatoms. The van der Waals surface area contributed by atoms with Crippen molar-refractivity contribution >= 4 is 44.0 Å². The number of nitrogens with one attached hydrogen (secondary N) is 2. The molecule has 0 amide bonds. The first kappa shape index (κ1) is 22.3. The highest BCUT2D eigenvalue weighted by Gasteiger charge is 2.24. The number of nitrogen functional groups attached to an aromatic ring is 1. The van der Waals surface area contributed by atoms with E-state index in [1.54, 1.807) is 0 Å². The topological polar surface area (TPSA) is 136 Å². The van der Waals surface area contributed by atoms with Crippen molar-refractivity contribution in [3.05, 3.63) is 64.6 Å². The Morgan fingerprint density at radius 1 is 1.18 bits per heavy atom. The molecule has 0 atom stereocenters. The van der Waals surface area contributed by atoms with Crippen molar-refractivity contribution in [1.82, 2.24) is 20.2 Å². The normalized spacial score (nSPS) is 11.2. The van der Waals surface area contributed by atoms with Crippen LogP contribution in [0, 0.1) is 23.5 Å². The number of H-pyrrole nitrogens is 1. The molecular weight excluding hydrogens is 478 g/mol. The molecule has 4 N–H and O–H groups in total. The second kappa shape index (κ2) is 8.53. The Morgan fingerprint density at radius 3 is 2.73 bits per heavy atom. The molecule has 0 saturated heterocycles. The molecular formula is C20H13ClF2N6O3S. The minimum absolute atomic E-state index is 0.0181. The van der Waals surface area contributed by atoms with Gasteiger partial charge >= 0.3 is 0 Å². The van der Waals surface area contributed by atoms with E-state index in [-0.39, 0.29) is 22.3 Å². The number of nitrogens with zero attached hydrogens (tertiary/aromatic N) is 3. The minimum Gasteiger partial charge on any atom is -0.480 e. The minimum atomic E-state index is -4.39. The van der Waals surface area contributed by atoms with Crippen LogP contribution < -0.4 is 15.2 Å². The van der Waals surface area contributed by atoms with Crippen LogP contribution in [-0.4, -0.2) is 35.7 Å². The number of sulfonamides is 1. The lowest BCUT2D eigenvalue weighted by Gasteiger charge is -2.12. The Kier molecular flexibility index (Phi) is 5.75. The van der Waals surface area contributed by atoms with Crippen molar-refractivity contribution in [2.24, 2.45) is 0 Å². The third-order valence-electron chi connectivity index (χ3n) is 4.44. The molecule has 0 fully saturated rings. The number of benzene rings is 1. The number of aromatic amines is 1. The summed E-state index contributed by atoms with van der Waals surface area (Å²) in [5.74, 6) is 2.72. The molecule has 0 bridgehead atoms. The molecule has 168 valence electrons. The van der Waals surface area contributed by atoms with E-state index in [4.69, 9.17) is 22.1 Å². The summed E-state index contributed by atoms with van der Waals surface area (Å²) in [5, 5.41) is 7.06. The molecule has 0 unspecified atom stereocenters.